The number of hydrogen-bond donors (Lipinski definition) is 0. The summed E-state index contributed by atoms with van der Waals surface area (Å²) >= 11 is 5.25. The summed E-state index contributed by atoms with van der Waals surface area (Å²) in [6.07, 6.45) is 4.80. The molecule has 0 radical (unpaired) electrons. The number of benzene rings is 1. The number of likely N-dealkylation sites (tertiary alicyclic amines) is 1. The van der Waals surface area contributed by atoms with E-state index in [1.165, 1.54) is 44.5 Å². The molecule has 1 fully saturated rings. The third kappa shape index (κ3) is 4.46. The summed E-state index contributed by atoms with van der Waals surface area (Å²) in [6.45, 7) is 3.90. The highest BCUT2D eigenvalue weighted by molar-refractivity contribution is 6.67. The molecule has 20 heavy (non-hydrogen) atoms. The summed E-state index contributed by atoms with van der Waals surface area (Å²) in [4.78, 5) is 13.3. The van der Waals surface area contributed by atoms with E-state index in [0.717, 1.165) is 13.0 Å². The van der Waals surface area contributed by atoms with E-state index in [9.17, 15) is 9.18 Å². The first-order chi connectivity index (χ1) is 9.66. The molecule has 110 valence electrons. The topological polar surface area (TPSA) is 29.5 Å². The van der Waals surface area contributed by atoms with Gasteiger partial charge in [-0.3, -0.25) is 4.79 Å². The van der Waals surface area contributed by atoms with Gasteiger partial charge in [0.25, 0.3) is 5.24 Å². The van der Waals surface area contributed by atoms with Crippen LogP contribution in [0.1, 0.15) is 36.0 Å². The Kier molecular flexibility index (Phi) is 5.80. The van der Waals surface area contributed by atoms with Crippen molar-refractivity contribution in [2.75, 3.05) is 26.2 Å². The molecule has 0 aromatic heterocycles. The van der Waals surface area contributed by atoms with Gasteiger partial charge in [0.2, 0.25) is 0 Å². The summed E-state index contributed by atoms with van der Waals surface area (Å²) in [5.74, 6) is -0.207. The molecule has 0 saturated carbocycles. The first kappa shape index (κ1) is 15.3. The zero-order valence-corrected chi connectivity index (χ0v) is 12.2. The lowest BCUT2D eigenvalue weighted by molar-refractivity contribution is 0.107. The lowest BCUT2D eigenvalue weighted by atomic mass is 10.1. The molecule has 0 aliphatic carbocycles. The number of nitrogens with zero attached hydrogens (tertiary/aromatic N) is 1. The summed E-state index contributed by atoms with van der Waals surface area (Å²) in [7, 11) is 0. The highest BCUT2D eigenvalue weighted by atomic mass is 35.5. The van der Waals surface area contributed by atoms with Crippen LogP contribution in [0.15, 0.2) is 18.2 Å². The van der Waals surface area contributed by atoms with Gasteiger partial charge >= 0.3 is 0 Å². The first-order valence-electron chi connectivity index (χ1n) is 7.01. The molecule has 0 atom stereocenters. The van der Waals surface area contributed by atoms with Gasteiger partial charge in [0, 0.05) is 12.6 Å². The monoisotopic (exact) mass is 299 g/mol. The summed E-state index contributed by atoms with van der Waals surface area (Å²) in [5, 5.41) is -0.792. The molecule has 0 N–H and O–H groups in total. The minimum Gasteiger partial charge on any atom is -0.493 e. The van der Waals surface area contributed by atoms with Gasteiger partial charge in [-0.05, 0) is 56.1 Å². The fourth-order valence-electron chi connectivity index (χ4n) is 2.41. The number of hydrogen-bond acceptors (Lipinski definition) is 3. The molecule has 0 bridgehead atoms. The molecule has 1 saturated heterocycles. The van der Waals surface area contributed by atoms with Gasteiger partial charge in [-0.15, -0.1) is 0 Å². The van der Waals surface area contributed by atoms with Crippen molar-refractivity contribution < 1.29 is 13.9 Å². The molecule has 2 rings (SSSR count). The summed E-state index contributed by atoms with van der Waals surface area (Å²) in [6, 6.07) is 4.13. The van der Waals surface area contributed by atoms with E-state index >= 15 is 0 Å². The van der Waals surface area contributed by atoms with Gasteiger partial charge in [0.15, 0.2) is 0 Å². The molecule has 3 nitrogen and oxygen atoms in total. The van der Waals surface area contributed by atoms with Crippen LogP contribution in [0, 0.1) is 5.82 Å². The molecule has 0 unspecified atom stereocenters. The van der Waals surface area contributed by atoms with E-state index in [1.807, 2.05) is 0 Å². The second-order valence-corrected chi connectivity index (χ2v) is 5.36. The Morgan fingerprint density at radius 3 is 2.70 bits per heavy atom. The van der Waals surface area contributed by atoms with E-state index in [2.05, 4.69) is 4.90 Å². The molecule has 1 aromatic carbocycles. The number of carbonyl (C=O) groups excluding carboxylic acids is 1. The van der Waals surface area contributed by atoms with Crippen molar-refractivity contribution in [2.45, 2.75) is 25.7 Å². The average Bonchev–Trinajstić information content (AvgIpc) is 2.44. The normalized spacial score (nSPS) is 16.1. The minimum atomic E-state index is -0.792. The van der Waals surface area contributed by atoms with E-state index in [4.69, 9.17) is 16.3 Å². The van der Waals surface area contributed by atoms with Crippen LogP contribution in [0.25, 0.3) is 0 Å². The fourth-order valence-corrected chi connectivity index (χ4v) is 2.56. The van der Waals surface area contributed by atoms with Crippen LogP contribution >= 0.6 is 11.6 Å². The van der Waals surface area contributed by atoms with Crippen molar-refractivity contribution in [2.24, 2.45) is 0 Å². The van der Waals surface area contributed by atoms with Crippen molar-refractivity contribution in [3.05, 3.63) is 29.6 Å². The zero-order valence-electron chi connectivity index (χ0n) is 11.4. The largest absolute Gasteiger partial charge is 0.493 e. The van der Waals surface area contributed by atoms with Crippen LogP contribution < -0.4 is 4.74 Å². The van der Waals surface area contributed by atoms with Crippen LogP contribution in [0.4, 0.5) is 4.39 Å². The fraction of sp³-hybridized carbons (Fsp3) is 0.533. The highest BCUT2D eigenvalue weighted by Crippen LogP contribution is 2.18. The van der Waals surface area contributed by atoms with Gasteiger partial charge in [-0.2, -0.15) is 0 Å². The molecule has 1 aromatic rings. The molecular formula is C15H19ClFNO2. The SMILES string of the molecule is O=C(Cl)c1ccc(OCCCN2CCCCC2)cc1F. The van der Waals surface area contributed by atoms with Crippen molar-refractivity contribution in [1.29, 1.82) is 0 Å². The predicted octanol–water partition coefficient (Wildman–Crippen LogP) is 3.46. The maximum absolute atomic E-state index is 13.5. The van der Waals surface area contributed by atoms with E-state index in [1.54, 1.807) is 6.07 Å². The summed E-state index contributed by atoms with van der Waals surface area (Å²) in [5.41, 5.74) is -0.118. The standard InChI is InChI=1S/C15H19ClFNO2/c16-15(19)13-6-5-12(11-14(13)17)20-10-4-9-18-7-2-1-3-8-18/h5-6,11H,1-4,7-10H2. The van der Waals surface area contributed by atoms with Crippen LogP contribution in [0.5, 0.6) is 5.75 Å². The maximum Gasteiger partial charge on any atom is 0.255 e. The molecule has 1 heterocycles. The predicted molar refractivity (Wildman–Crippen MR) is 77.0 cm³/mol. The number of halogens is 2. The number of piperidine rings is 1. The van der Waals surface area contributed by atoms with Crippen molar-refractivity contribution in [3.8, 4) is 5.75 Å². The lowest BCUT2D eigenvalue weighted by Gasteiger charge is -2.26. The molecular weight excluding hydrogens is 281 g/mol. The quantitative estimate of drug-likeness (QED) is 0.595. The van der Waals surface area contributed by atoms with Crippen LogP contribution in [-0.2, 0) is 0 Å². The second kappa shape index (κ2) is 7.60. The minimum absolute atomic E-state index is 0.118. The molecule has 0 amide bonds. The van der Waals surface area contributed by atoms with Crippen LogP contribution in [0.3, 0.4) is 0 Å². The van der Waals surface area contributed by atoms with Crippen molar-refractivity contribution in [1.82, 2.24) is 4.90 Å². The van der Waals surface area contributed by atoms with Gasteiger partial charge in [-0.25, -0.2) is 4.39 Å². The molecule has 0 spiro atoms. The Labute approximate surface area is 123 Å². The highest BCUT2D eigenvalue weighted by Gasteiger charge is 2.11. The number of rotatable bonds is 6. The van der Waals surface area contributed by atoms with Crippen LogP contribution in [-0.4, -0.2) is 36.4 Å². The van der Waals surface area contributed by atoms with Gasteiger partial charge in [0.1, 0.15) is 11.6 Å². The number of ether oxygens (including phenoxy) is 1. The first-order valence-corrected chi connectivity index (χ1v) is 7.39. The van der Waals surface area contributed by atoms with E-state index in [0.29, 0.717) is 12.4 Å². The van der Waals surface area contributed by atoms with E-state index in [-0.39, 0.29) is 5.56 Å². The van der Waals surface area contributed by atoms with Gasteiger partial charge in [0.05, 0.1) is 12.2 Å². The van der Waals surface area contributed by atoms with Crippen molar-refractivity contribution in [3.63, 3.8) is 0 Å². The zero-order chi connectivity index (χ0) is 14.4. The Morgan fingerprint density at radius 1 is 1.30 bits per heavy atom. The smallest absolute Gasteiger partial charge is 0.255 e. The summed E-state index contributed by atoms with van der Waals surface area (Å²) < 4.78 is 19.0. The molecule has 1 aliphatic rings. The van der Waals surface area contributed by atoms with Crippen molar-refractivity contribution >= 4 is 16.8 Å². The van der Waals surface area contributed by atoms with Crippen LogP contribution in [0.2, 0.25) is 0 Å². The average molecular weight is 300 g/mol. The maximum atomic E-state index is 13.5. The molecule has 5 heteroatoms. The Morgan fingerprint density at radius 2 is 2.05 bits per heavy atom. The second-order valence-electron chi connectivity index (χ2n) is 5.02. The third-order valence-corrected chi connectivity index (χ3v) is 3.69. The Hall–Kier alpha value is -1.13. The Balaban J connectivity index is 1.73. The van der Waals surface area contributed by atoms with Gasteiger partial charge in [-0.1, -0.05) is 6.42 Å². The van der Waals surface area contributed by atoms with Gasteiger partial charge < -0.3 is 9.64 Å². The lowest BCUT2D eigenvalue weighted by Crippen LogP contribution is -2.31. The molecule has 1 aliphatic heterocycles. The Bertz CT molecular complexity index is 461. The third-order valence-electron chi connectivity index (χ3n) is 3.49. The number of carbonyl (C=O) groups is 1. The van der Waals surface area contributed by atoms with E-state index < -0.39 is 11.1 Å².